The van der Waals surface area contributed by atoms with Crippen LogP contribution < -0.4 is 5.32 Å². The molecule has 1 aromatic carbocycles. The summed E-state index contributed by atoms with van der Waals surface area (Å²) in [5.74, 6) is 0.454. The van der Waals surface area contributed by atoms with Gasteiger partial charge in [-0.1, -0.05) is 19.1 Å². The van der Waals surface area contributed by atoms with E-state index in [1.165, 1.54) is 0 Å². The lowest BCUT2D eigenvalue weighted by atomic mass is 10.2. The summed E-state index contributed by atoms with van der Waals surface area (Å²) >= 11 is 0. The Kier molecular flexibility index (Phi) is 3.42. The van der Waals surface area contributed by atoms with Gasteiger partial charge < -0.3 is 9.88 Å². The highest BCUT2D eigenvalue weighted by Gasteiger charge is 2.07. The maximum Gasteiger partial charge on any atom is 0.207 e. The second-order valence-electron chi connectivity index (χ2n) is 4.01. The van der Waals surface area contributed by atoms with Crippen molar-refractivity contribution in [3.05, 3.63) is 42.0 Å². The molecule has 0 amide bonds. The number of hydrogen-bond acceptors (Lipinski definition) is 2. The van der Waals surface area contributed by atoms with Crippen molar-refractivity contribution in [2.24, 2.45) is 0 Å². The third-order valence-corrected chi connectivity index (χ3v) is 2.62. The van der Waals surface area contributed by atoms with Crippen molar-refractivity contribution in [2.75, 3.05) is 5.32 Å². The summed E-state index contributed by atoms with van der Waals surface area (Å²) in [4.78, 5) is 4.19. The minimum absolute atomic E-state index is 0.224. The van der Waals surface area contributed by atoms with Crippen molar-refractivity contribution in [3.8, 4) is 0 Å². The predicted molar refractivity (Wildman–Crippen MR) is 66.9 cm³/mol. The molecule has 3 nitrogen and oxygen atoms in total. The normalized spacial score (nSPS) is 10.5. The van der Waals surface area contributed by atoms with Crippen molar-refractivity contribution < 1.29 is 4.39 Å². The van der Waals surface area contributed by atoms with Gasteiger partial charge in [0, 0.05) is 18.9 Å². The molecule has 0 unspecified atom stereocenters. The lowest BCUT2D eigenvalue weighted by molar-refractivity contribution is 0.621. The first-order valence-electron chi connectivity index (χ1n) is 5.75. The standard InChI is InChI=1S/C13H16FN3/c1-3-8-17-9-7-15-13(17)16-11-6-4-5-10(2)12(11)14/h4-7,9H,3,8H2,1-2H3,(H,15,16). The first kappa shape index (κ1) is 11.6. The molecule has 0 aliphatic rings. The van der Waals surface area contributed by atoms with Crippen LogP contribution in [0.15, 0.2) is 30.6 Å². The summed E-state index contributed by atoms with van der Waals surface area (Å²) in [7, 11) is 0. The Bertz CT molecular complexity index is 505. The highest BCUT2D eigenvalue weighted by molar-refractivity contribution is 5.55. The van der Waals surface area contributed by atoms with Crippen LogP contribution in [-0.4, -0.2) is 9.55 Å². The van der Waals surface area contributed by atoms with Crippen molar-refractivity contribution in [1.82, 2.24) is 9.55 Å². The fourth-order valence-electron chi connectivity index (χ4n) is 1.72. The third-order valence-electron chi connectivity index (χ3n) is 2.62. The molecule has 2 aromatic rings. The zero-order valence-corrected chi connectivity index (χ0v) is 10.1. The highest BCUT2D eigenvalue weighted by atomic mass is 19.1. The van der Waals surface area contributed by atoms with Crippen LogP contribution in [0.5, 0.6) is 0 Å². The van der Waals surface area contributed by atoms with Crippen molar-refractivity contribution in [1.29, 1.82) is 0 Å². The van der Waals surface area contributed by atoms with Gasteiger partial charge in [-0.05, 0) is 25.0 Å². The SMILES string of the molecule is CCCn1ccnc1Nc1cccc(C)c1F. The summed E-state index contributed by atoms with van der Waals surface area (Å²) in [5, 5.41) is 3.02. The van der Waals surface area contributed by atoms with Crippen molar-refractivity contribution in [3.63, 3.8) is 0 Å². The van der Waals surface area contributed by atoms with Crippen LogP contribution in [0.25, 0.3) is 0 Å². The predicted octanol–water partition coefficient (Wildman–Crippen LogP) is 3.48. The molecule has 2 rings (SSSR count). The molecule has 0 aliphatic heterocycles. The highest BCUT2D eigenvalue weighted by Crippen LogP contribution is 2.21. The van der Waals surface area contributed by atoms with Gasteiger partial charge in [-0.3, -0.25) is 0 Å². The zero-order valence-electron chi connectivity index (χ0n) is 10.1. The molecular formula is C13H16FN3. The second-order valence-corrected chi connectivity index (χ2v) is 4.01. The van der Waals surface area contributed by atoms with E-state index in [0.29, 0.717) is 17.2 Å². The third kappa shape index (κ3) is 2.46. The molecule has 0 bridgehead atoms. The number of benzene rings is 1. The van der Waals surface area contributed by atoms with E-state index in [4.69, 9.17) is 0 Å². The molecule has 4 heteroatoms. The molecule has 0 saturated heterocycles. The van der Waals surface area contributed by atoms with Crippen LogP contribution in [0.2, 0.25) is 0 Å². The molecule has 0 spiro atoms. The van der Waals surface area contributed by atoms with E-state index < -0.39 is 0 Å². The van der Waals surface area contributed by atoms with Crippen LogP contribution >= 0.6 is 0 Å². The van der Waals surface area contributed by atoms with E-state index in [0.717, 1.165) is 13.0 Å². The number of anilines is 2. The van der Waals surface area contributed by atoms with Crippen LogP contribution in [0.1, 0.15) is 18.9 Å². The fraction of sp³-hybridized carbons (Fsp3) is 0.308. The molecule has 1 heterocycles. The maximum absolute atomic E-state index is 13.8. The van der Waals surface area contributed by atoms with E-state index in [-0.39, 0.29) is 5.82 Å². The lowest BCUT2D eigenvalue weighted by Gasteiger charge is -2.10. The Hall–Kier alpha value is -1.84. The number of nitrogens with zero attached hydrogens (tertiary/aromatic N) is 2. The van der Waals surface area contributed by atoms with Crippen LogP contribution in [-0.2, 0) is 6.54 Å². The topological polar surface area (TPSA) is 29.9 Å². The largest absolute Gasteiger partial charge is 0.323 e. The molecule has 17 heavy (non-hydrogen) atoms. The summed E-state index contributed by atoms with van der Waals surface area (Å²) in [5.41, 5.74) is 1.09. The zero-order chi connectivity index (χ0) is 12.3. The van der Waals surface area contributed by atoms with Crippen molar-refractivity contribution in [2.45, 2.75) is 26.8 Å². The smallest absolute Gasteiger partial charge is 0.207 e. The molecule has 0 radical (unpaired) electrons. The monoisotopic (exact) mass is 233 g/mol. The minimum Gasteiger partial charge on any atom is -0.323 e. The van der Waals surface area contributed by atoms with Gasteiger partial charge >= 0.3 is 0 Å². The van der Waals surface area contributed by atoms with Crippen LogP contribution in [0.3, 0.4) is 0 Å². The Labute approximate surface area is 100 Å². The number of aryl methyl sites for hydroxylation is 2. The fourth-order valence-corrected chi connectivity index (χ4v) is 1.72. The summed E-state index contributed by atoms with van der Waals surface area (Å²) in [6, 6.07) is 5.29. The molecular weight excluding hydrogens is 217 g/mol. The summed E-state index contributed by atoms with van der Waals surface area (Å²) in [6.07, 6.45) is 4.62. The molecule has 0 aliphatic carbocycles. The minimum atomic E-state index is -0.224. The Balaban J connectivity index is 2.25. The van der Waals surface area contributed by atoms with Gasteiger partial charge in [0.05, 0.1) is 5.69 Å². The lowest BCUT2D eigenvalue weighted by Crippen LogP contribution is -2.04. The number of aromatic nitrogens is 2. The van der Waals surface area contributed by atoms with E-state index >= 15 is 0 Å². The molecule has 0 atom stereocenters. The number of nitrogens with one attached hydrogen (secondary N) is 1. The summed E-state index contributed by atoms with van der Waals surface area (Å²) < 4.78 is 15.8. The van der Waals surface area contributed by atoms with Gasteiger partial charge in [0.15, 0.2) is 0 Å². The van der Waals surface area contributed by atoms with E-state index in [9.17, 15) is 4.39 Å². The number of imidazole rings is 1. The summed E-state index contributed by atoms with van der Waals surface area (Å²) in [6.45, 7) is 4.71. The van der Waals surface area contributed by atoms with Gasteiger partial charge in [0.1, 0.15) is 5.82 Å². The van der Waals surface area contributed by atoms with Crippen LogP contribution in [0, 0.1) is 12.7 Å². The van der Waals surface area contributed by atoms with Gasteiger partial charge in [0.2, 0.25) is 5.95 Å². The van der Waals surface area contributed by atoms with E-state index in [1.807, 2.05) is 16.8 Å². The molecule has 1 aromatic heterocycles. The van der Waals surface area contributed by atoms with Gasteiger partial charge in [-0.2, -0.15) is 0 Å². The average Bonchev–Trinajstić information content (AvgIpc) is 2.73. The van der Waals surface area contributed by atoms with Crippen LogP contribution in [0.4, 0.5) is 16.0 Å². The second kappa shape index (κ2) is 4.99. The van der Waals surface area contributed by atoms with E-state index in [1.54, 1.807) is 25.3 Å². The molecule has 1 N–H and O–H groups in total. The Morgan fingerprint density at radius 3 is 3.00 bits per heavy atom. The Morgan fingerprint density at radius 1 is 1.41 bits per heavy atom. The average molecular weight is 233 g/mol. The number of hydrogen-bond donors (Lipinski definition) is 1. The maximum atomic E-state index is 13.8. The van der Waals surface area contributed by atoms with Gasteiger partial charge in [-0.15, -0.1) is 0 Å². The Morgan fingerprint density at radius 2 is 2.24 bits per heavy atom. The molecule has 0 fully saturated rings. The van der Waals surface area contributed by atoms with E-state index in [2.05, 4.69) is 17.2 Å². The van der Waals surface area contributed by atoms with Gasteiger partial charge in [-0.25, -0.2) is 9.37 Å². The molecule has 90 valence electrons. The van der Waals surface area contributed by atoms with Crippen molar-refractivity contribution >= 4 is 11.6 Å². The molecule has 0 saturated carbocycles. The number of rotatable bonds is 4. The first-order valence-corrected chi connectivity index (χ1v) is 5.75. The van der Waals surface area contributed by atoms with Gasteiger partial charge in [0.25, 0.3) is 0 Å². The number of halogens is 1. The quantitative estimate of drug-likeness (QED) is 0.876. The first-order chi connectivity index (χ1) is 8.22.